The molecule has 13 rings (SSSR count). The lowest BCUT2D eigenvalue weighted by atomic mass is 9.85. The van der Waals surface area contributed by atoms with Crippen LogP contribution in [0.15, 0.2) is 199 Å². The molecule has 0 amide bonds. The number of hydrogen-bond acceptors (Lipinski definition) is 1. The second kappa shape index (κ2) is 11.5. The summed E-state index contributed by atoms with van der Waals surface area (Å²) in [6, 6.07) is 71.5. The largest absolute Gasteiger partial charge is 0.455 e. The van der Waals surface area contributed by atoms with Gasteiger partial charge in [-0.1, -0.05) is 176 Å². The van der Waals surface area contributed by atoms with Gasteiger partial charge in [0.25, 0.3) is 0 Å². The van der Waals surface area contributed by atoms with Gasteiger partial charge in [-0.2, -0.15) is 0 Å². The van der Waals surface area contributed by atoms with Gasteiger partial charge in [-0.15, -0.1) is 0 Å². The zero-order chi connectivity index (χ0) is 37.2. The molecule has 0 aliphatic heterocycles. The first-order chi connectivity index (χ1) is 28.3. The quantitative estimate of drug-likeness (QED) is 0.166. The fourth-order valence-corrected chi connectivity index (χ4v) is 10.1. The Balaban J connectivity index is 1.14. The minimum Gasteiger partial charge on any atom is -0.455 e. The van der Waals surface area contributed by atoms with Crippen LogP contribution in [0.1, 0.15) is 0 Å². The van der Waals surface area contributed by atoms with Crippen LogP contribution >= 0.6 is 0 Å². The number of fused-ring (bicyclic) bond motifs is 10. The molecule has 0 spiro atoms. The van der Waals surface area contributed by atoms with Crippen LogP contribution in [0.3, 0.4) is 0 Å². The highest BCUT2D eigenvalue weighted by Gasteiger charge is 2.23. The van der Waals surface area contributed by atoms with E-state index in [0.29, 0.717) is 0 Å². The first-order valence-corrected chi connectivity index (χ1v) is 19.8. The van der Waals surface area contributed by atoms with Crippen LogP contribution in [0.2, 0.25) is 0 Å². The minimum atomic E-state index is 0.918. The van der Waals surface area contributed by atoms with Crippen molar-refractivity contribution in [1.29, 1.82) is 0 Å². The topological polar surface area (TPSA) is 13.1 Å². The van der Waals surface area contributed by atoms with E-state index in [1.165, 1.54) is 97.8 Å². The van der Waals surface area contributed by atoms with Crippen LogP contribution in [-0.4, -0.2) is 0 Å². The molecule has 262 valence electrons. The zero-order valence-electron chi connectivity index (χ0n) is 30.9. The van der Waals surface area contributed by atoms with Crippen LogP contribution in [0.4, 0.5) is 0 Å². The summed E-state index contributed by atoms with van der Waals surface area (Å²) in [6.45, 7) is 0. The third kappa shape index (κ3) is 4.29. The van der Waals surface area contributed by atoms with Crippen molar-refractivity contribution in [2.75, 3.05) is 0 Å². The van der Waals surface area contributed by atoms with E-state index in [9.17, 15) is 0 Å². The molecule has 0 saturated carbocycles. The monoisotopic (exact) mass is 720 g/mol. The summed E-state index contributed by atoms with van der Waals surface area (Å²) < 4.78 is 7.23. The van der Waals surface area contributed by atoms with Crippen molar-refractivity contribution in [2.24, 2.45) is 0 Å². The molecule has 1 heteroatoms. The molecule has 0 aliphatic carbocycles. The van der Waals surface area contributed by atoms with Crippen LogP contribution in [0, 0.1) is 0 Å². The SMILES string of the molecule is c1ccc(-c2ccc3ccc4c(-c5ccc(-c6cc7ccc8ccccc8c7c7ccccc67)c6oc7c8ccccc8ccc7c56)ccc5ccc2c3c54)cc1. The van der Waals surface area contributed by atoms with E-state index in [1.54, 1.807) is 0 Å². The van der Waals surface area contributed by atoms with E-state index in [1.807, 2.05) is 0 Å². The molecule has 0 fully saturated rings. The summed E-state index contributed by atoms with van der Waals surface area (Å²) in [4.78, 5) is 0. The number of benzene rings is 12. The maximum Gasteiger partial charge on any atom is 0.143 e. The average molecular weight is 721 g/mol. The first-order valence-electron chi connectivity index (χ1n) is 19.8. The van der Waals surface area contributed by atoms with Crippen molar-refractivity contribution in [1.82, 2.24) is 0 Å². The molecule has 0 unspecified atom stereocenters. The highest BCUT2D eigenvalue weighted by atomic mass is 16.3. The van der Waals surface area contributed by atoms with Crippen molar-refractivity contribution >= 4 is 97.3 Å². The van der Waals surface area contributed by atoms with Crippen molar-refractivity contribution in [3.8, 4) is 33.4 Å². The van der Waals surface area contributed by atoms with Crippen LogP contribution < -0.4 is 0 Å². The summed E-state index contributed by atoms with van der Waals surface area (Å²) in [5.41, 5.74) is 9.02. The molecule has 0 radical (unpaired) electrons. The molecule has 12 aromatic carbocycles. The molecule has 1 nitrogen and oxygen atoms in total. The highest BCUT2D eigenvalue weighted by molar-refractivity contribution is 6.31. The molecule has 1 heterocycles. The minimum absolute atomic E-state index is 0.918. The molecule has 0 saturated heterocycles. The van der Waals surface area contributed by atoms with Crippen molar-refractivity contribution in [2.45, 2.75) is 0 Å². The number of hydrogen-bond donors (Lipinski definition) is 0. The summed E-state index contributed by atoms with van der Waals surface area (Å²) in [5, 5.41) is 19.8. The molecular formula is C56H32O. The number of furan rings is 1. The lowest BCUT2D eigenvalue weighted by Gasteiger charge is -2.17. The molecule has 57 heavy (non-hydrogen) atoms. The molecule has 13 aromatic rings. The summed E-state index contributed by atoms with van der Waals surface area (Å²) in [5.74, 6) is 0. The highest BCUT2D eigenvalue weighted by Crippen LogP contribution is 2.49. The third-order valence-corrected chi connectivity index (χ3v) is 12.6. The average Bonchev–Trinajstić information content (AvgIpc) is 3.68. The fraction of sp³-hybridized carbons (Fsp3) is 0. The molecular weight excluding hydrogens is 689 g/mol. The van der Waals surface area contributed by atoms with Gasteiger partial charge >= 0.3 is 0 Å². The van der Waals surface area contributed by atoms with E-state index in [-0.39, 0.29) is 0 Å². The maximum atomic E-state index is 7.23. The lowest BCUT2D eigenvalue weighted by Crippen LogP contribution is -1.91. The summed E-state index contributed by atoms with van der Waals surface area (Å²) >= 11 is 0. The van der Waals surface area contributed by atoms with Crippen LogP contribution in [0.5, 0.6) is 0 Å². The normalized spacial score (nSPS) is 12.2. The van der Waals surface area contributed by atoms with Crippen LogP contribution in [-0.2, 0) is 0 Å². The first kappa shape index (κ1) is 30.8. The molecule has 1 aromatic heterocycles. The van der Waals surface area contributed by atoms with E-state index in [0.717, 1.165) is 32.9 Å². The smallest absolute Gasteiger partial charge is 0.143 e. The Morgan fingerprint density at radius 1 is 0.228 bits per heavy atom. The number of rotatable bonds is 3. The van der Waals surface area contributed by atoms with E-state index < -0.39 is 0 Å². The van der Waals surface area contributed by atoms with Gasteiger partial charge < -0.3 is 4.42 Å². The lowest BCUT2D eigenvalue weighted by molar-refractivity contribution is 0.674. The van der Waals surface area contributed by atoms with Gasteiger partial charge in [-0.05, 0) is 116 Å². The zero-order valence-corrected chi connectivity index (χ0v) is 30.9. The predicted octanol–water partition coefficient (Wildman–Crippen LogP) is 16.1. The molecule has 0 aliphatic rings. The van der Waals surface area contributed by atoms with Gasteiger partial charge in [0.2, 0.25) is 0 Å². The molecule has 0 N–H and O–H groups in total. The van der Waals surface area contributed by atoms with E-state index in [4.69, 9.17) is 4.42 Å². The van der Waals surface area contributed by atoms with Gasteiger partial charge in [0.05, 0.1) is 0 Å². The van der Waals surface area contributed by atoms with Crippen LogP contribution in [0.25, 0.3) is 131 Å². The Labute approximate surface area is 328 Å². The Hall–Kier alpha value is -7.48. The van der Waals surface area contributed by atoms with E-state index in [2.05, 4.69) is 194 Å². The Morgan fingerprint density at radius 3 is 1.54 bits per heavy atom. The Bertz CT molecular complexity index is 3790. The maximum absolute atomic E-state index is 7.23. The fourth-order valence-electron chi connectivity index (χ4n) is 10.1. The van der Waals surface area contributed by atoms with Gasteiger partial charge in [-0.3, -0.25) is 0 Å². The van der Waals surface area contributed by atoms with Gasteiger partial charge in [-0.25, -0.2) is 0 Å². The Morgan fingerprint density at radius 2 is 0.754 bits per heavy atom. The summed E-state index contributed by atoms with van der Waals surface area (Å²) in [7, 11) is 0. The van der Waals surface area contributed by atoms with Gasteiger partial charge in [0.1, 0.15) is 11.2 Å². The van der Waals surface area contributed by atoms with E-state index >= 15 is 0 Å². The second-order valence-electron chi connectivity index (χ2n) is 15.5. The summed E-state index contributed by atoms with van der Waals surface area (Å²) in [6.07, 6.45) is 0. The second-order valence-corrected chi connectivity index (χ2v) is 15.5. The van der Waals surface area contributed by atoms with Crippen molar-refractivity contribution in [3.05, 3.63) is 194 Å². The molecule has 0 bridgehead atoms. The Kier molecular flexibility index (Phi) is 6.23. The standard InChI is InChI=1S/C56H32O/c1-2-10-33(11-3-1)39-25-21-36-24-28-46-43(26-22-37-23-27-45(39)52(36)53(37)46)47-30-31-48(56-54(47)49-29-20-35-13-5-7-15-41(35)55(49)57-56)50-32-38-19-18-34-12-4-6-14-40(34)51(38)44-17-9-8-16-42(44)50/h1-32H. The molecule has 0 atom stereocenters. The van der Waals surface area contributed by atoms with Gasteiger partial charge in [0, 0.05) is 21.7 Å². The van der Waals surface area contributed by atoms with Crippen molar-refractivity contribution in [3.63, 3.8) is 0 Å². The van der Waals surface area contributed by atoms with Gasteiger partial charge in [0.15, 0.2) is 0 Å². The van der Waals surface area contributed by atoms with Crippen molar-refractivity contribution < 1.29 is 4.42 Å². The predicted molar refractivity (Wildman–Crippen MR) is 244 cm³/mol. The third-order valence-electron chi connectivity index (χ3n) is 12.6.